The van der Waals surface area contributed by atoms with E-state index in [0.717, 1.165) is 22.4 Å². The first-order chi connectivity index (χ1) is 14.0. The summed E-state index contributed by atoms with van der Waals surface area (Å²) >= 11 is 0. The van der Waals surface area contributed by atoms with E-state index in [0.29, 0.717) is 23.4 Å². The van der Waals surface area contributed by atoms with E-state index in [-0.39, 0.29) is 11.8 Å². The fraction of sp³-hybridized carbons (Fsp3) is 0.174. The molecule has 0 fully saturated rings. The number of nitrogens with zero attached hydrogens (tertiary/aromatic N) is 1. The lowest BCUT2D eigenvalue weighted by molar-refractivity contribution is -0.117. The van der Waals surface area contributed by atoms with Crippen molar-refractivity contribution in [3.63, 3.8) is 0 Å². The van der Waals surface area contributed by atoms with Gasteiger partial charge in [-0.25, -0.2) is 0 Å². The lowest BCUT2D eigenvalue weighted by Gasteiger charge is -2.15. The molecule has 4 rings (SSSR count). The van der Waals surface area contributed by atoms with E-state index in [9.17, 15) is 9.59 Å². The minimum atomic E-state index is -0.657. The van der Waals surface area contributed by atoms with Crippen LogP contribution in [0.25, 0.3) is 11.1 Å². The molecular formula is C23H21N3O3. The van der Waals surface area contributed by atoms with Crippen LogP contribution in [0.3, 0.4) is 0 Å². The highest BCUT2D eigenvalue weighted by molar-refractivity contribution is 6.10. The molecule has 3 aromatic rings. The Morgan fingerprint density at radius 1 is 1.00 bits per heavy atom. The standard InChI is InChI=1S/C23H21N3O3/c1-14-11-17(9-10-24-14)16-5-3-15(4-6-16)12-21-23(28)25-20-8-7-18(29-2)13-19(20)22(27)26-21/h3-11,13,21H,12H2,1-2H3,(H,25,28)(H,26,27). The highest BCUT2D eigenvalue weighted by atomic mass is 16.5. The summed E-state index contributed by atoms with van der Waals surface area (Å²) in [7, 11) is 1.54. The predicted octanol–water partition coefficient (Wildman–Crippen LogP) is 3.36. The smallest absolute Gasteiger partial charge is 0.254 e. The SMILES string of the molecule is COc1ccc2c(c1)C(=O)NC(Cc1ccc(-c3ccnc(C)c3)cc1)C(=O)N2. The van der Waals surface area contributed by atoms with E-state index < -0.39 is 6.04 Å². The van der Waals surface area contributed by atoms with Crippen LogP contribution in [-0.4, -0.2) is 29.9 Å². The van der Waals surface area contributed by atoms with Gasteiger partial charge in [0.1, 0.15) is 11.8 Å². The fourth-order valence-electron chi connectivity index (χ4n) is 3.41. The molecular weight excluding hydrogens is 366 g/mol. The molecule has 0 radical (unpaired) electrons. The summed E-state index contributed by atoms with van der Waals surface area (Å²) in [6.07, 6.45) is 2.19. The molecule has 6 heteroatoms. The van der Waals surface area contributed by atoms with E-state index >= 15 is 0 Å². The molecule has 2 N–H and O–H groups in total. The van der Waals surface area contributed by atoms with Crippen molar-refractivity contribution in [2.24, 2.45) is 0 Å². The lowest BCUT2D eigenvalue weighted by Crippen LogP contribution is -2.42. The number of carbonyl (C=O) groups is 2. The van der Waals surface area contributed by atoms with Crippen LogP contribution in [0.4, 0.5) is 5.69 Å². The minimum absolute atomic E-state index is 0.240. The lowest BCUT2D eigenvalue weighted by atomic mass is 10.0. The van der Waals surface area contributed by atoms with Gasteiger partial charge in [0.15, 0.2) is 0 Å². The van der Waals surface area contributed by atoms with Crippen molar-refractivity contribution in [2.45, 2.75) is 19.4 Å². The number of methoxy groups -OCH3 is 1. The molecule has 2 amide bonds. The number of hydrogen-bond donors (Lipinski definition) is 2. The third-order valence-electron chi connectivity index (χ3n) is 4.97. The van der Waals surface area contributed by atoms with Gasteiger partial charge in [-0.3, -0.25) is 14.6 Å². The number of aromatic nitrogens is 1. The van der Waals surface area contributed by atoms with Gasteiger partial charge >= 0.3 is 0 Å². The van der Waals surface area contributed by atoms with E-state index in [1.165, 1.54) is 7.11 Å². The van der Waals surface area contributed by atoms with Gasteiger partial charge in [0, 0.05) is 18.3 Å². The Morgan fingerprint density at radius 3 is 2.52 bits per heavy atom. The Labute approximate surface area is 168 Å². The van der Waals surface area contributed by atoms with E-state index in [4.69, 9.17) is 4.74 Å². The van der Waals surface area contributed by atoms with Crippen LogP contribution in [0.2, 0.25) is 0 Å². The maximum absolute atomic E-state index is 12.6. The number of carbonyl (C=O) groups excluding carboxylic acids is 2. The Morgan fingerprint density at radius 2 is 1.79 bits per heavy atom. The van der Waals surface area contributed by atoms with Gasteiger partial charge in [-0.1, -0.05) is 24.3 Å². The second-order valence-corrected chi connectivity index (χ2v) is 7.01. The van der Waals surface area contributed by atoms with Crippen LogP contribution in [-0.2, 0) is 11.2 Å². The van der Waals surface area contributed by atoms with Gasteiger partial charge in [0.2, 0.25) is 5.91 Å². The average Bonchev–Trinajstić information content (AvgIpc) is 2.84. The van der Waals surface area contributed by atoms with Gasteiger partial charge in [0.05, 0.1) is 18.4 Å². The zero-order valence-electron chi connectivity index (χ0n) is 16.2. The second kappa shape index (κ2) is 7.75. The van der Waals surface area contributed by atoms with Gasteiger partial charge in [-0.2, -0.15) is 0 Å². The number of nitrogens with one attached hydrogen (secondary N) is 2. The van der Waals surface area contributed by atoms with Crippen molar-refractivity contribution >= 4 is 17.5 Å². The van der Waals surface area contributed by atoms with E-state index in [1.54, 1.807) is 24.4 Å². The monoisotopic (exact) mass is 387 g/mol. The summed E-state index contributed by atoms with van der Waals surface area (Å²) < 4.78 is 5.18. The number of hydrogen-bond acceptors (Lipinski definition) is 4. The summed E-state index contributed by atoms with van der Waals surface area (Å²) in [6.45, 7) is 1.96. The average molecular weight is 387 g/mol. The highest BCUT2D eigenvalue weighted by Crippen LogP contribution is 2.25. The molecule has 2 heterocycles. The molecule has 1 atom stereocenters. The van der Waals surface area contributed by atoms with Crippen molar-refractivity contribution < 1.29 is 14.3 Å². The van der Waals surface area contributed by atoms with Crippen molar-refractivity contribution in [3.05, 3.63) is 77.6 Å². The molecule has 6 nitrogen and oxygen atoms in total. The molecule has 0 bridgehead atoms. The van der Waals surface area contributed by atoms with Crippen molar-refractivity contribution in [1.82, 2.24) is 10.3 Å². The number of aryl methyl sites for hydroxylation is 1. The second-order valence-electron chi connectivity index (χ2n) is 7.01. The number of pyridine rings is 1. The minimum Gasteiger partial charge on any atom is -0.497 e. The largest absolute Gasteiger partial charge is 0.497 e. The zero-order chi connectivity index (χ0) is 20.4. The molecule has 1 aromatic heterocycles. The quantitative estimate of drug-likeness (QED) is 0.719. The van der Waals surface area contributed by atoms with Crippen molar-refractivity contribution in [1.29, 1.82) is 0 Å². The number of fused-ring (bicyclic) bond motifs is 1. The molecule has 1 aliphatic rings. The van der Waals surface area contributed by atoms with Crippen LogP contribution in [0.15, 0.2) is 60.8 Å². The molecule has 29 heavy (non-hydrogen) atoms. The zero-order valence-corrected chi connectivity index (χ0v) is 16.2. The first kappa shape index (κ1) is 18.7. The molecule has 1 unspecified atom stereocenters. The molecule has 146 valence electrons. The molecule has 2 aromatic carbocycles. The summed E-state index contributed by atoms with van der Waals surface area (Å²) in [5, 5.41) is 5.66. The van der Waals surface area contributed by atoms with E-state index in [2.05, 4.69) is 15.6 Å². The summed E-state index contributed by atoms with van der Waals surface area (Å²) in [5.41, 5.74) is 4.97. The number of amides is 2. The normalized spacial score (nSPS) is 15.7. The molecule has 0 aliphatic carbocycles. The van der Waals surface area contributed by atoms with Crippen molar-refractivity contribution in [2.75, 3.05) is 12.4 Å². The third kappa shape index (κ3) is 3.96. The Balaban J connectivity index is 1.52. The predicted molar refractivity (Wildman–Crippen MR) is 111 cm³/mol. The van der Waals surface area contributed by atoms with Crippen LogP contribution < -0.4 is 15.4 Å². The molecule has 0 spiro atoms. The van der Waals surface area contributed by atoms with Gasteiger partial charge in [-0.05, 0) is 53.9 Å². The van der Waals surface area contributed by atoms with E-state index in [1.807, 2.05) is 43.3 Å². The number of ether oxygens (including phenoxy) is 1. The summed E-state index contributed by atoms with van der Waals surface area (Å²) in [4.78, 5) is 29.5. The Kier molecular flexibility index (Phi) is 4.99. The van der Waals surface area contributed by atoms with Crippen molar-refractivity contribution in [3.8, 4) is 16.9 Å². The summed E-state index contributed by atoms with van der Waals surface area (Å²) in [6, 6.07) is 16.3. The highest BCUT2D eigenvalue weighted by Gasteiger charge is 2.28. The number of rotatable bonds is 4. The topological polar surface area (TPSA) is 80.3 Å². The van der Waals surface area contributed by atoms with Crippen LogP contribution >= 0.6 is 0 Å². The first-order valence-electron chi connectivity index (χ1n) is 9.35. The Hall–Kier alpha value is -3.67. The third-order valence-corrected chi connectivity index (χ3v) is 4.97. The maximum atomic E-state index is 12.6. The first-order valence-corrected chi connectivity index (χ1v) is 9.35. The van der Waals surface area contributed by atoms with Gasteiger partial charge in [-0.15, -0.1) is 0 Å². The van der Waals surface area contributed by atoms with Gasteiger partial charge < -0.3 is 15.4 Å². The fourth-order valence-corrected chi connectivity index (χ4v) is 3.41. The maximum Gasteiger partial charge on any atom is 0.254 e. The van der Waals surface area contributed by atoms with Gasteiger partial charge in [0.25, 0.3) is 5.91 Å². The number of anilines is 1. The van der Waals surface area contributed by atoms with Crippen LogP contribution in [0, 0.1) is 6.92 Å². The molecule has 0 saturated carbocycles. The molecule has 0 saturated heterocycles. The Bertz CT molecular complexity index is 1080. The number of benzene rings is 2. The van der Waals surface area contributed by atoms with Crippen LogP contribution in [0.1, 0.15) is 21.6 Å². The van der Waals surface area contributed by atoms with Crippen LogP contribution in [0.5, 0.6) is 5.75 Å². The summed E-state index contributed by atoms with van der Waals surface area (Å²) in [5.74, 6) is 0.0239. The molecule has 1 aliphatic heterocycles.